The van der Waals surface area contributed by atoms with Gasteiger partial charge in [-0.25, -0.2) is 0 Å². The van der Waals surface area contributed by atoms with Gasteiger partial charge < -0.3 is 10.6 Å². The maximum Gasteiger partial charge on any atom is 0.253 e. The number of hydrogen-bond acceptors (Lipinski definition) is 4. The van der Waals surface area contributed by atoms with Gasteiger partial charge in [-0.05, 0) is 25.7 Å². The van der Waals surface area contributed by atoms with Crippen molar-refractivity contribution in [3.05, 3.63) is 24.0 Å². The lowest BCUT2D eigenvalue weighted by Gasteiger charge is -2.17. The van der Waals surface area contributed by atoms with Crippen molar-refractivity contribution in [3.8, 4) is 0 Å². The van der Waals surface area contributed by atoms with Gasteiger partial charge in [0, 0.05) is 24.5 Å². The second-order valence-electron chi connectivity index (χ2n) is 3.99. The summed E-state index contributed by atoms with van der Waals surface area (Å²) in [5, 5.41) is 6.21. The van der Waals surface area contributed by atoms with Gasteiger partial charge in [0.2, 0.25) is 0 Å². The fraction of sp³-hybridized carbons (Fsp3) is 0.538. The highest BCUT2D eigenvalue weighted by Gasteiger charge is 2.14. The molecule has 0 aliphatic heterocycles. The quantitative estimate of drug-likeness (QED) is 0.796. The summed E-state index contributed by atoms with van der Waals surface area (Å²) in [7, 11) is 0. The monoisotopic (exact) mass is 267 g/mol. The van der Waals surface area contributed by atoms with Crippen molar-refractivity contribution < 1.29 is 4.79 Å². The summed E-state index contributed by atoms with van der Waals surface area (Å²) in [5.74, 6) is 0.901. The third-order valence-electron chi connectivity index (χ3n) is 2.63. The van der Waals surface area contributed by atoms with Gasteiger partial charge in [-0.15, -0.1) is 0 Å². The first kappa shape index (κ1) is 14.8. The maximum atomic E-state index is 12.2. The molecule has 18 heavy (non-hydrogen) atoms. The summed E-state index contributed by atoms with van der Waals surface area (Å²) in [6, 6.07) is 1.97. The molecule has 1 unspecified atom stereocenters. The predicted molar refractivity (Wildman–Crippen MR) is 78.3 cm³/mol. The van der Waals surface area contributed by atoms with E-state index >= 15 is 0 Å². The van der Waals surface area contributed by atoms with E-state index in [1.165, 1.54) is 0 Å². The van der Waals surface area contributed by atoms with Crippen molar-refractivity contribution >= 4 is 23.4 Å². The molecule has 1 rings (SSSR count). The average Bonchev–Trinajstić information content (AvgIpc) is 2.39. The highest BCUT2D eigenvalue weighted by molar-refractivity contribution is 7.98. The zero-order chi connectivity index (χ0) is 13.4. The molecule has 1 heterocycles. The summed E-state index contributed by atoms with van der Waals surface area (Å²) in [5.41, 5.74) is 1.45. The van der Waals surface area contributed by atoms with Crippen LogP contribution in [-0.4, -0.2) is 35.5 Å². The molecular formula is C13H21N3OS. The van der Waals surface area contributed by atoms with Crippen LogP contribution in [0.2, 0.25) is 0 Å². The first-order valence-corrected chi connectivity index (χ1v) is 7.59. The minimum atomic E-state index is -0.0331. The number of aromatic nitrogens is 1. The Labute approximate surface area is 113 Å². The molecule has 0 aromatic carbocycles. The highest BCUT2D eigenvalue weighted by Crippen LogP contribution is 2.13. The second kappa shape index (κ2) is 7.97. The summed E-state index contributed by atoms with van der Waals surface area (Å²) in [4.78, 5) is 16.2. The van der Waals surface area contributed by atoms with E-state index in [2.05, 4.69) is 22.5 Å². The van der Waals surface area contributed by atoms with Crippen LogP contribution in [-0.2, 0) is 0 Å². The van der Waals surface area contributed by atoms with Gasteiger partial charge in [-0.1, -0.05) is 6.92 Å². The molecule has 2 N–H and O–H groups in total. The number of anilines is 1. The molecule has 1 aromatic heterocycles. The Hall–Kier alpha value is -1.23. The van der Waals surface area contributed by atoms with Crippen LogP contribution < -0.4 is 10.6 Å². The van der Waals surface area contributed by atoms with E-state index < -0.39 is 0 Å². The van der Waals surface area contributed by atoms with Gasteiger partial charge in [0.25, 0.3) is 5.91 Å². The number of pyridine rings is 1. The number of hydrogen-bond donors (Lipinski definition) is 2. The summed E-state index contributed by atoms with van der Waals surface area (Å²) < 4.78 is 0. The third-order valence-corrected chi connectivity index (χ3v) is 3.36. The van der Waals surface area contributed by atoms with Gasteiger partial charge in [-0.2, -0.15) is 11.8 Å². The molecule has 0 aliphatic rings. The lowest BCUT2D eigenvalue weighted by Crippen LogP contribution is -2.36. The first-order chi connectivity index (χ1) is 8.72. The van der Waals surface area contributed by atoms with Crippen molar-refractivity contribution in [2.24, 2.45) is 0 Å². The van der Waals surface area contributed by atoms with Gasteiger partial charge in [-0.3, -0.25) is 9.78 Å². The largest absolute Gasteiger partial charge is 0.383 e. The van der Waals surface area contributed by atoms with Gasteiger partial charge >= 0.3 is 0 Å². The van der Waals surface area contributed by atoms with Crippen molar-refractivity contribution in [2.45, 2.75) is 26.3 Å². The maximum absolute atomic E-state index is 12.2. The van der Waals surface area contributed by atoms with Crippen molar-refractivity contribution in [3.63, 3.8) is 0 Å². The minimum absolute atomic E-state index is 0.0331. The normalized spacial score (nSPS) is 11.9. The molecular weight excluding hydrogens is 246 g/mol. The molecule has 0 saturated heterocycles. The number of rotatable bonds is 7. The van der Waals surface area contributed by atoms with E-state index in [4.69, 9.17) is 0 Å². The van der Waals surface area contributed by atoms with E-state index in [1.54, 1.807) is 30.2 Å². The molecule has 0 radical (unpaired) electrons. The Balaban J connectivity index is 2.76. The SMILES string of the molecule is CCNc1cnccc1C(=O)NC(CC)CSC. The Morgan fingerprint density at radius 2 is 2.28 bits per heavy atom. The van der Waals surface area contributed by atoms with Crippen LogP contribution in [0, 0.1) is 0 Å². The molecule has 0 fully saturated rings. The van der Waals surface area contributed by atoms with Crippen LogP contribution in [0.3, 0.4) is 0 Å². The fourth-order valence-electron chi connectivity index (χ4n) is 1.65. The van der Waals surface area contributed by atoms with E-state index in [0.717, 1.165) is 24.4 Å². The molecule has 0 bridgehead atoms. The van der Waals surface area contributed by atoms with E-state index in [-0.39, 0.29) is 11.9 Å². The number of nitrogens with zero attached hydrogens (tertiary/aromatic N) is 1. The standard InChI is InChI=1S/C13H21N3OS/c1-4-10(9-18-3)16-13(17)11-6-7-14-8-12(11)15-5-2/h6-8,10,15H,4-5,9H2,1-3H3,(H,16,17). The highest BCUT2D eigenvalue weighted by atomic mass is 32.2. The molecule has 100 valence electrons. The second-order valence-corrected chi connectivity index (χ2v) is 4.90. The summed E-state index contributed by atoms with van der Waals surface area (Å²) >= 11 is 1.74. The third kappa shape index (κ3) is 4.22. The number of amides is 1. The summed E-state index contributed by atoms with van der Waals surface area (Å²) in [6.07, 6.45) is 6.32. The van der Waals surface area contributed by atoms with Crippen LogP contribution >= 0.6 is 11.8 Å². The zero-order valence-electron chi connectivity index (χ0n) is 11.2. The molecule has 4 nitrogen and oxygen atoms in total. The average molecular weight is 267 g/mol. The molecule has 1 aromatic rings. The molecule has 5 heteroatoms. The molecule has 0 aliphatic carbocycles. The van der Waals surface area contributed by atoms with Crippen LogP contribution in [0.4, 0.5) is 5.69 Å². The van der Waals surface area contributed by atoms with E-state index in [1.807, 2.05) is 13.2 Å². The zero-order valence-corrected chi connectivity index (χ0v) is 12.0. The smallest absolute Gasteiger partial charge is 0.253 e. The van der Waals surface area contributed by atoms with Crippen molar-refractivity contribution in [1.82, 2.24) is 10.3 Å². The summed E-state index contributed by atoms with van der Waals surface area (Å²) in [6.45, 7) is 4.85. The van der Waals surface area contributed by atoms with Gasteiger partial charge in [0.15, 0.2) is 0 Å². The van der Waals surface area contributed by atoms with E-state index in [0.29, 0.717) is 5.56 Å². The molecule has 1 amide bonds. The minimum Gasteiger partial charge on any atom is -0.383 e. The lowest BCUT2D eigenvalue weighted by atomic mass is 10.2. The Kier molecular flexibility index (Phi) is 6.57. The van der Waals surface area contributed by atoms with Crippen LogP contribution in [0.15, 0.2) is 18.5 Å². The first-order valence-electron chi connectivity index (χ1n) is 6.20. The van der Waals surface area contributed by atoms with Crippen LogP contribution in [0.1, 0.15) is 30.6 Å². The van der Waals surface area contributed by atoms with E-state index in [9.17, 15) is 4.79 Å². The Bertz CT molecular complexity index is 384. The van der Waals surface area contributed by atoms with Gasteiger partial charge in [0.1, 0.15) is 0 Å². The van der Waals surface area contributed by atoms with Gasteiger partial charge in [0.05, 0.1) is 17.4 Å². The fourth-order valence-corrected chi connectivity index (χ4v) is 2.37. The topological polar surface area (TPSA) is 54.0 Å². The van der Waals surface area contributed by atoms with Crippen molar-refractivity contribution in [2.75, 3.05) is 23.9 Å². The molecule has 0 spiro atoms. The lowest BCUT2D eigenvalue weighted by molar-refractivity contribution is 0.0940. The van der Waals surface area contributed by atoms with Crippen molar-refractivity contribution in [1.29, 1.82) is 0 Å². The number of carbonyl (C=O) groups excluding carboxylic acids is 1. The number of thioether (sulfide) groups is 1. The number of nitrogens with one attached hydrogen (secondary N) is 2. The molecule has 1 atom stereocenters. The van der Waals surface area contributed by atoms with Crippen LogP contribution in [0.25, 0.3) is 0 Å². The number of carbonyl (C=O) groups is 1. The predicted octanol–water partition coefficient (Wildman–Crippen LogP) is 2.38. The molecule has 0 saturated carbocycles. The Morgan fingerprint density at radius 3 is 2.89 bits per heavy atom. The van der Waals surface area contributed by atoms with Crippen LogP contribution in [0.5, 0.6) is 0 Å². The Morgan fingerprint density at radius 1 is 1.50 bits per heavy atom.